The Kier molecular flexibility index (Phi) is 8.00. The highest BCUT2D eigenvalue weighted by Crippen LogP contribution is 2.40. The number of ether oxygens (including phenoxy) is 1. The highest BCUT2D eigenvalue weighted by atomic mass is 35.5. The molecule has 34 heavy (non-hydrogen) atoms. The number of carbonyl (C=O) groups is 1. The van der Waals surface area contributed by atoms with E-state index in [4.69, 9.17) is 45.1 Å². The van der Waals surface area contributed by atoms with Crippen LogP contribution in [-0.4, -0.2) is 22.6 Å². The molecule has 1 amide bonds. The van der Waals surface area contributed by atoms with Crippen LogP contribution in [0.3, 0.4) is 0 Å². The van der Waals surface area contributed by atoms with E-state index in [2.05, 4.69) is 17.6 Å². The third kappa shape index (κ3) is 5.85. The van der Waals surface area contributed by atoms with E-state index in [1.165, 1.54) is 11.3 Å². The van der Waals surface area contributed by atoms with E-state index in [9.17, 15) is 4.79 Å². The average Bonchev–Trinajstić information content (AvgIpc) is 3.25. The summed E-state index contributed by atoms with van der Waals surface area (Å²) in [7, 11) is 0. The minimum absolute atomic E-state index is 0.105. The van der Waals surface area contributed by atoms with Gasteiger partial charge in [0.15, 0.2) is 5.11 Å². The molecule has 9 heteroatoms. The molecular weight excluding hydrogens is 509 g/mol. The number of carbonyl (C=O) groups excluding carboxylic acids is 1. The van der Waals surface area contributed by atoms with Gasteiger partial charge in [0.25, 0.3) is 5.91 Å². The minimum atomic E-state index is -0.356. The maximum Gasteiger partial charge on any atom is 0.257 e. The number of fused-ring (bicyclic) bond motifs is 1. The van der Waals surface area contributed by atoms with Crippen molar-refractivity contribution in [3.8, 4) is 16.3 Å². The standard InChI is InChI=1S/C25H21Cl2N3O2S2/c1-2-3-11-32-17-8-6-7-15(12-17)23(31)30-25(33)29-22-18(13-16(26)14-19(22)27)24-28-20-9-4-5-10-21(20)34-24/h4-10,12-14H,2-3,11H2,1H3,(H2,29,30,31,33). The third-order valence-corrected chi connectivity index (χ3v) is 6.70. The summed E-state index contributed by atoms with van der Waals surface area (Å²) < 4.78 is 6.73. The third-order valence-electron chi connectivity index (χ3n) is 4.91. The topological polar surface area (TPSA) is 63.2 Å². The Balaban J connectivity index is 1.53. The predicted molar refractivity (Wildman–Crippen MR) is 146 cm³/mol. The molecule has 1 heterocycles. The summed E-state index contributed by atoms with van der Waals surface area (Å²) in [6, 6.07) is 18.2. The molecule has 4 rings (SSSR count). The Labute approximate surface area is 217 Å². The van der Waals surface area contributed by atoms with Crippen LogP contribution in [0.2, 0.25) is 10.0 Å². The van der Waals surface area contributed by atoms with Gasteiger partial charge in [0.05, 0.1) is 27.5 Å². The van der Waals surface area contributed by atoms with E-state index >= 15 is 0 Å². The lowest BCUT2D eigenvalue weighted by atomic mass is 10.2. The second-order valence-electron chi connectivity index (χ2n) is 7.44. The van der Waals surface area contributed by atoms with Gasteiger partial charge in [-0.25, -0.2) is 4.98 Å². The number of nitrogens with one attached hydrogen (secondary N) is 2. The maximum atomic E-state index is 12.8. The van der Waals surface area contributed by atoms with Gasteiger partial charge in [-0.15, -0.1) is 11.3 Å². The molecule has 0 aliphatic rings. The quantitative estimate of drug-likeness (QED) is 0.191. The van der Waals surface area contributed by atoms with Crippen LogP contribution in [0.15, 0.2) is 60.7 Å². The van der Waals surface area contributed by atoms with E-state index in [-0.39, 0.29) is 11.0 Å². The number of rotatable bonds is 7. The van der Waals surface area contributed by atoms with E-state index in [1.54, 1.807) is 30.3 Å². The number of halogens is 2. The van der Waals surface area contributed by atoms with Gasteiger partial charge < -0.3 is 10.1 Å². The first-order chi connectivity index (χ1) is 16.4. The normalized spacial score (nSPS) is 10.8. The molecule has 2 N–H and O–H groups in total. The van der Waals surface area contributed by atoms with Crippen LogP contribution in [0.5, 0.6) is 5.75 Å². The molecule has 1 aromatic heterocycles. The monoisotopic (exact) mass is 529 g/mol. The highest BCUT2D eigenvalue weighted by Gasteiger charge is 2.17. The molecule has 3 aromatic carbocycles. The number of anilines is 1. The van der Waals surface area contributed by atoms with Crippen molar-refractivity contribution in [3.63, 3.8) is 0 Å². The van der Waals surface area contributed by atoms with Gasteiger partial charge in [-0.05, 0) is 61.1 Å². The van der Waals surface area contributed by atoms with Crippen molar-refractivity contribution in [1.29, 1.82) is 0 Å². The molecule has 0 aliphatic carbocycles. The lowest BCUT2D eigenvalue weighted by Crippen LogP contribution is -2.34. The number of benzene rings is 3. The van der Waals surface area contributed by atoms with Crippen molar-refractivity contribution in [2.45, 2.75) is 19.8 Å². The Morgan fingerprint density at radius 2 is 1.94 bits per heavy atom. The van der Waals surface area contributed by atoms with Crippen LogP contribution in [0.4, 0.5) is 5.69 Å². The van der Waals surface area contributed by atoms with Crippen molar-refractivity contribution in [3.05, 3.63) is 76.3 Å². The molecule has 0 spiro atoms. The number of hydrogen-bond acceptors (Lipinski definition) is 5. The van der Waals surface area contributed by atoms with Crippen molar-refractivity contribution >= 4 is 73.7 Å². The Bertz CT molecular complexity index is 1320. The molecule has 0 saturated carbocycles. The smallest absolute Gasteiger partial charge is 0.257 e. The van der Waals surface area contributed by atoms with Crippen LogP contribution in [-0.2, 0) is 0 Å². The molecule has 0 fully saturated rings. The van der Waals surface area contributed by atoms with Gasteiger partial charge in [0.1, 0.15) is 10.8 Å². The summed E-state index contributed by atoms with van der Waals surface area (Å²) in [6.45, 7) is 2.70. The fourth-order valence-electron chi connectivity index (χ4n) is 3.24. The number of para-hydroxylation sites is 1. The molecule has 0 unspecified atom stereocenters. The number of aromatic nitrogens is 1. The Morgan fingerprint density at radius 1 is 1.12 bits per heavy atom. The highest BCUT2D eigenvalue weighted by molar-refractivity contribution is 7.80. The Hall–Kier alpha value is -2.71. The first-order valence-electron chi connectivity index (χ1n) is 10.6. The molecule has 174 valence electrons. The van der Waals surface area contributed by atoms with E-state index in [1.807, 2.05) is 30.3 Å². The number of unbranched alkanes of at least 4 members (excludes halogenated alkanes) is 1. The molecule has 0 aliphatic heterocycles. The lowest BCUT2D eigenvalue weighted by Gasteiger charge is -2.15. The van der Waals surface area contributed by atoms with Crippen LogP contribution < -0.4 is 15.4 Å². The van der Waals surface area contributed by atoms with E-state index < -0.39 is 0 Å². The predicted octanol–water partition coefficient (Wildman–Crippen LogP) is 7.58. The van der Waals surface area contributed by atoms with E-state index in [0.29, 0.717) is 39.2 Å². The fourth-order valence-corrected chi connectivity index (χ4v) is 4.96. The van der Waals surface area contributed by atoms with Crippen LogP contribution in [0, 0.1) is 0 Å². The van der Waals surface area contributed by atoms with Crippen molar-refractivity contribution in [1.82, 2.24) is 10.3 Å². The van der Waals surface area contributed by atoms with Crippen molar-refractivity contribution in [2.24, 2.45) is 0 Å². The van der Waals surface area contributed by atoms with Crippen LogP contribution in [0.25, 0.3) is 20.8 Å². The van der Waals surface area contributed by atoms with Gasteiger partial charge in [-0.2, -0.15) is 0 Å². The van der Waals surface area contributed by atoms with Gasteiger partial charge in [0.2, 0.25) is 0 Å². The molecule has 0 atom stereocenters. The summed E-state index contributed by atoms with van der Waals surface area (Å²) in [4.78, 5) is 17.5. The Morgan fingerprint density at radius 3 is 2.74 bits per heavy atom. The van der Waals surface area contributed by atoms with Gasteiger partial charge in [0, 0.05) is 16.1 Å². The fraction of sp³-hybridized carbons (Fsp3) is 0.160. The first kappa shape index (κ1) is 24.4. The summed E-state index contributed by atoms with van der Waals surface area (Å²) in [5.41, 5.74) is 2.53. The number of thiocarbonyl (C=S) groups is 1. The second-order valence-corrected chi connectivity index (χ2v) is 9.72. The van der Waals surface area contributed by atoms with Crippen molar-refractivity contribution < 1.29 is 9.53 Å². The SMILES string of the molecule is CCCCOc1cccc(C(=O)NC(=S)Nc2c(Cl)cc(Cl)cc2-c2nc3ccccc3s2)c1. The van der Waals surface area contributed by atoms with Gasteiger partial charge in [-0.1, -0.05) is 54.7 Å². The summed E-state index contributed by atoms with van der Waals surface area (Å²) in [5.74, 6) is 0.281. The number of nitrogens with zero attached hydrogens (tertiary/aromatic N) is 1. The van der Waals surface area contributed by atoms with Crippen LogP contribution in [0.1, 0.15) is 30.1 Å². The summed E-state index contributed by atoms with van der Waals surface area (Å²) in [5, 5.41) is 7.43. The van der Waals surface area contributed by atoms with E-state index in [0.717, 1.165) is 28.1 Å². The molecule has 5 nitrogen and oxygen atoms in total. The largest absolute Gasteiger partial charge is 0.494 e. The summed E-state index contributed by atoms with van der Waals surface area (Å²) >= 11 is 19.7. The zero-order chi connectivity index (χ0) is 24.1. The zero-order valence-corrected chi connectivity index (χ0v) is 21.4. The maximum absolute atomic E-state index is 12.8. The molecular formula is C25H21Cl2N3O2S2. The number of amides is 1. The number of thiazole rings is 1. The lowest BCUT2D eigenvalue weighted by molar-refractivity contribution is 0.0977. The average molecular weight is 531 g/mol. The van der Waals surface area contributed by atoms with Crippen LogP contribution >= 0.6 is 46.8 Å². The first-order valence-corrected chi connectivity index (χ1v) is 12.6. The van der Waals surface area contributed by atoms with Gasteiger partial charge in [-0.3, -0.25) is 10.1 Å². The molecule has 0 bridgehead atoms. The zero-order valence-electron chi connectivity index (χ0n) is 18.2. The molecule has 0 radical (unpaired) electrons. The minimum Gasteiger partial charge on any atom is -0.494 e. The second kappa shape index (κ2) is 11.1. The van der Waals surface area contributed by atoms with Crippen molar-refractivity contribution in [2.75, 3.05) is 11.9 Å². The van der Waals surface area contributed by atoms with Gasteiger partial charge >= 0.3 is 0 Å². The molecule has 4 aromatic rings. The molecule has 0 saturated heterocycles. The summed E-state index contributed by atoms with van der Waals surface area (Å²) in [6.07, 6.45) is 1.98. The number of hydrogen-bond donors (Lipinski definition) is 2.